The van der Waals surface area contributed by atoms with Crippen LogP contribution in [0.2, 0.25) is 5.02 Å². The molecular formula is C31H44ClN3O6. The van der Waals surface area contributed by atoms with Crippen LogP contribution in [0.4, 0.5) is 11.4 Å². The first-order valence-corrected chi connectivity index (χ1v) is 15.0. The Labute approximate surface area is 249 Å². The maximum Gasteiger partial charge on any atom is 0.307 e. The number of hydrogen-bond acceptors (Lipinski definition) is 9. The van der Waals surface area contributed by atoms with Crippen LogP contribution in [-0.4, -0.2) is 82.9 Å². The van der Waals surface area contributed by atoms with Crippen LogP contribution >= 0.6 is 11.6 Å². The Hall–Kier alpha value is -2.75. The van der Waals surface area contributed by atoms with Crippen LogP contribution in [0.25, 0.3) is 0 Å². The van der Waals surface area contributed by atoms with Gasteiger partial charge in [0, 0.05) is 76.0 Å². The topological polar surface area (TPSA) is 82.6 Å². The molecule has 0 spiro atoms. The summed E-state index contributed by atoms with van der Waals surface area (Å²) in [7, 11) is 3.30. The van der Waals surface area contributed by atoms with E-state index in [1.54, 1.807) is 20.4 Å². The molecular weight excluding hydrogens is 546 g/mol. The van der Waals surface area contributed by atoms with Crippen LogP contribution in [0, 0.1) is 11.8 Å². The first-order chi connectivity index (χ1) is 19.8. The minimum absolute atomic E-state index is 0.00349. The van der Waals surface area contributed by atoms with E-state index in [1.165, 1.54) is 0 Å². The molecule has 1 aromatic heterocycles. The lowest BCUT2D eigenvalue weighted by Crippen LogP contribution is -2.44. The molecule has 3 heterocycles. The van der Waals surface area contributed by atoms with Crippen molar-refractivity contribution in [2.45, 2.75) is 58.3 Å². The molecule has 0 bridgehead atoms. The fourth-order valence-corrected chi connectivity index (χ4v) is 6.05. The second-order valence-corrected chi connectivity index (χ2v) is 11.3. The molecule has 0 saturated carbocycles. The molecule has 41 heavy (non-hydrogen) atoms. The van der Waals surface area contributed by atoms with Gasteiger partial charge < -0.3 is 33.5 Å². The van der Waals surface area contributed by atoms with E-state index in [0.29, 0.717) is 43.1 Å². The van der Waals surface area contributed by atoms with Crippen LogP contribution in [0.3, 0.4) is 0 Å². The predicted molar refractivity (Wildman–Crippen MR) is 160 cm³/mol. The van der Waals surface area contributed by atoms with Gasteiger partial charge in [0.15, 0.2) is 0 Å². The second kappa shape index (κ2) is 14.9. The van der Waals surface area contributed by atoms with Crippen LogP contribution in [0.1, 0.15) is 40.0 Å². The standard InChI is InChI=1S/C31H44ClN3O6/c1-6-39-31(36)17-26-22(3)29(40-15-7-14-37-4)20-35(26)23-8-10-24(11-9-23)41-28-12-13-34(19-21(28)2)27-16-30(38-5)33-18-25(27)32/h8-11,16,18,21-22,26,28-29H,6-7,12-15,17,19-20H2,1-5H3/t21-,22+,26+,28-,29+/m1/s1. The summed E-state index contributed by atoms with van der Waals surface area (Å²) in [5.74, 6) is 1.68. The number of esters is 1. The number of halogens is 1. The highest BCUT2D eigenvalue weighted by molar-refractivity contribution is 6.33. The molecule has 4 rings (SSSR count). The highest BCUT2D eigenvalue weighted by Gasteiger charge is 2.41. The molecule has 2 aromatic rings. The summed E-state index contributed by atoms with van der Waals surface area (Å²) in [6.07, 6.45) is 3.80. The number of anilines is 2. The maximum atomic E-state index is 12.5. The first kappa shape index (κ1) is 31.2. The number of aromatic nitrogens is 1. The Morgan fingerprint density at radius 1 is 1.10 bits per heavy atom. The molecule has 0 amide bonds. The minimum Gasteiger partial charge on any atom is -0.490 e. The van der Waals surface area contributed by atoms with Gasteiger partial charge in [-0.15, -0.1) is 0 Å². The number of rotatable bonds is 13. The van der Waals surface area contributed by atoms with Crippen molar-refractivity contribution < 1.29 is 28.5 Å². The lowest BCUT2D eigenvalue weighted by Gasteiger charge is -2.38. The largest absolute Gasteiger partial charge is 0.490 e. The Morgan fingerprint density at radius 3 is 2.56 bits per heavy atom. The summed E-state index contributed by atoms with van der Waals surface area (Å²) in [4.78, 5) is 21.2. The van der Waals surface area contributed by atoms with E-state index in [0.717, 1.165) is 49.6 Å². The van der Waals surface area contributed by atoms with E-state index in [1.807, 2.05) is 25.1 Å². The summed E-state index contributed by atoms with van der Waals surface area (Å²) >= 11 is 6.44. The molecule has 0 radical (unpaired) electrons. The van der Waals surface area contributed by atoms with Gasteiger partial charge in [0.1, 0.15) is 11.9 Å². The quantitative estimate of drug-likeness (QED) is 0.230. The SMILES string of the molecule is CCOC(=O)C[C@H]1[C@H](C)[C@@H](OCCCOC)CN1c1ccc(O[C@@H]2CCN(c3cc(OC)ncc3Cl)C[C@H]2C)cc1. The summed E-state index contributed by atoms with van der Waals surface area (Å²) in [6, 6.07) is 10.1. The van der Waals surface area contributed by atoms with Gasteiger partial charge >= 0.3 is 5.97 Å². The van der Waals surface area contributed by atoms with Gasteiger partial charge in [-0.1, -0.05) is 25.4 Å². The Bertz CT molecular complexity index is 1120. The Balaban J connectivity index is 1.39. The van der Waals surface area contributed by atoms with E-state index >= 15 is 0 Å². The molecule has 5 atom stereocenters. The lowest BCUT2D eigenvalue weighted by atomic mass is 9.96. The predicted octanol–water partition coefficient (Wildman–Crippen LogP) is 5.24. The molecule has 0 aliphatic carbocycles. The highest BCUT2D eigenvalue weighted by Crippen LogP contribution is 2.36. The number of pyridine rings is 1. The zero-order valence-corrected chi connectivity index (χ0v) is 25.6. The molecule has 226 valence electrons. The van der Waals surface area contributed by atoms with E-state index in [4.69, 9.17) is 35.3 Å². The first-order valence-electron chi connectivity index (χ1n) is 14.6. The molecule has 2 aliphatic heterocycles. The average molecular weight is 590 g/mol. The van der Waals surface area contributed by atoms with Crippen molar-refractivity contribution in [2.75, 3.05) is 63.5 Å². The minimum atomic E-state index is -0.179. The normalized spacial score (nSPS) is 24.4. The number of ether oxygens (including phenoxy) is 5. The number of carbonyl (C=O) groups excluding carboxylic acids is 1. The van der Waals surface area contributed by atoms with Gasteiger partial charge in [0.05, 0.1) is 43.1 Å². The smallest absolute Gasteiger partial charge is 0.307 e. The van der Waals surface area contributed by atoms with Gasteiger partial charge in [0.25, 0.3) is 0 Å². The fraction of sp³-hybridized carbons (Fsp3) is 0.613. The number of carbonyl (C=O) groups is 1. The third kappa shape index (κ3) is 7.96. The van der Waals surface area contributed by atoms with Crippen LogP contribution < -0.4 is 19.3 Å². The molecule has 0 unspecified atom stereocenters. The van der Waals surface area contributed by atoms with Gasteiger partial charge in [0.2, 0.25) is 5.88 Å². The lowest BCUT2D eigenvalue weighted by molar-refractivity contribution is -0.143. The Kier molecular flexibility index (Phi) is 11.4. The van der Waals surface area contributed by atoms with Crippen LogP contribution in [0.5, 0.6) is 11.6 Å². The molecule has 1 aromatic carbocycles. The number of benzene rings is 1. The van der Waals surface area contributed by atoms with Crippen molar-refractivity contribution >= 4 is 28.9 Å². The number of nitrogens with zero attached hydrogens (tertiary/aromatic N) is 3. The summed E-state index contributed by atoms with van der Waals surface area (Å²) in [5, 5.41) is 0.619. The van der Waals surface area contributed by atoms with E-state index < -0.39 is 0 Å². The average Bonchev–Trinajstić information content (AvgIpc) is 3.27. The molecule has 10 heteroatoms. The van der Waals surface area contributed by atoms with Crippen LogP contribution in [0.15, 0.2) is 36.5 Å². The second-order valence-electron chi connectivity index (χ2n) is 10.9. The van der Waals surface area contributed by atoms with Gasteiger partial charge in [-0.2, -0.15) is 0 Å². The van der Waals surface area contributed by atoms with E-state index in [9.17, 15) is 4.79 Å². The van der Waals surface area contributed by atoms with Crippen molar-refractivity contribution in [3.05, 3.63) is 41.6 Å². The number of hydrogen-bond donors (Lipinski definition) is 0. The zero-order valence-electron chi connectivity index (χ0n) is 24.9. The van der Waals surface area contributed by atoms with Crippen molar-refractivity contribution in [1.82, 2.24) is 4.98 Å². The molecule has 2 aliphatic rings. The number of methoxy groups -OCH3 is 2. The summed E-state index contributed by atoms with van der Waals surface area (Å²) in [5.41, 5.74) is 1.98. The van der Waals surface area contributed by atoms with Gasteiger partial charge in [-0.25, -0.2) is 4.98 Å². The summed E-state index contributed by atoms with van der Waals surface area (Å²) < 4.78 is 28.4. The molecule has 2 saturated heterocycles. The number of piperidine rings is 1. The van der Waals surface area contributed by atoms with E-state index in [-0.39, 0.29) is 30.1 Å². The van der Waals surface area contributed by atoms with E-state index in [2.05, 4.69) is 40.8 Å². The Morgan fingerprint density at radius 2 is 1.88 bits per heavy atom. The van der Waals surface area contributed by atoms with Gasteiger partial charge in [-0.05, 0) is 37.6 Å². The van der Waals surface area contributed by atoms with Gasteiger partial charge in [-0.3, -0.25) is 4.79 Å². The molecule has 0 N–H and O–H groups in total. The molecule has 9 nitrogen and oxygen atoms in total. The van der Waals surface area contributed by atoms with Crippen molar-refractivity contribution in [3.8, 4) is 11.6 Å². The maximum absolute atomic E-state index is 12.5. The van der Waals surface area contributed by atoms with Crippen molar-refractivity contribution in [1.29, 1.82) is 0 Å². The molecule has 2 fully saturated rings. The fourth-order valence-electron chi connectivity index (χ4n) is 5.83. The zero-order chi connectivity index (χ0) is 29.4. The monoisotopic (exact) mass is 589 g/mol. The third-order valence-corrected chi connectivity index (χ3v) is 8.41. The van der Waals surface area contributed by atoms with Crippen molar-refractivity contribution in [3.63, 3.8) is 0 Å². The highest BCUT2D eigenvalue weighted by atomic mass is 35.5. The summed E-state index contributed by atoms with van der Waals surface area (Å²) in [6.45, 7) is 10.2. The third-order valence-electron chi connectivity index (χ3n) is 8.12. The van der Waals surface area contributed by atoms with Crippen molar-refractivity contribution in [2.24, 2.45) is 11.8 Å². The van der Waals surface area contributed by atoms with Crippen LogP contribution in [-0.2, 0) is 19.0 Å².